The molecule has 0 bridgehead atoms. The van der Waals surface area contributed by atoms with Gasteiger partial charge in [0.15, 0.2) is 5.78 Å². The highest BCUT2D eigenvalue weighted by Crippen LogP contribution is 2.21. The summed E-state index contributed by atoms with van der Waals surface area (Å²) in [5.74, 6) is -0.544. The van der Waals surface area contributed by atoms with Gasteiger partial charge >= 0.3 is 0 Å². The van der Waals surface area contributed by atoms with Crippen molar-refractivity contribution in [1.82, 2.24) is 25.0 Å². The van der Waals surface area contributed by atoms with Crippen LogP contribution in [0.25, 0.3) is 22.2 Å². The Bertz CT molecular complexity index is 1120. The number of fused-ring (bicyclic) bond motifs is 1. The second-order valence-corrected chi connectivity index (χ2v) is 5.92. The van der Waals surface area contributed by atoms with Crippen LogP contribution in [0.3, 0.4) is 0 Å². The van der Waals surface area contributed by atoms with Gasteiger partial charge in [-0.3, -0.25) is 9.48 Å². The van der Waals surface area contributed by atoms with Crippen molar-refractivity contribution in [3.63, 3.8) is 0 Å². The Balaban J connectivity index is 1.66. The zero-order chi connectivity index (χ0) is 18.1. The average Bonchev–Trinajstić information content (AvgIpc) is 3.08. The lowest BCUT2D eigenvalue weighted by molar-refractivity contribution is 0.0987. The minimum Gasteiger partial charge on any atom is -0.294 e. The number of carbonyl (C=O) groups excluding carboxylic acids is 1. The van der Waals surface area contributed by atoms with Gasteiger partial charge in [-0.1, -0.05) is 29.5 Å². The molecule has 4 rings (SSSR count). The molecule has 0 saturated heterocycles. The summed E-state index contributed by atoms with van der Waals surface area (Å²) in [6.45, 7) is 0. The fourth-order valence-electron chi connectivity index (χ4n) is 2.71. The molecule has 26 heavy (non-hydrogen) atoms. The molecule has 6 nitrogen and oxygen atoms in total. The number of aryl methyl sites for hydroxylation is 1. The molecular weight excluding hydrogens is 333 g/mol. The molecule has 0 spiro atoms. The topological polar surface area (TPSA) is 73.6 Å². The standard InChI is InChI=1S/C19H14FN5O/c1-25-11-17(23-24-25)12-6-7-13-10-21-19(22-16(13)8-12)9-18(26)14-4-2-3-5-15(14)20/h2-8,10-11H,9H2,1H3. The van der Waals surface area contributed by atoms with Gasteiger partial charge in [0.25, 0.3) is 0 Å². The summed E-state index contributed by atoms with van der Waals surface area (Å²) in [4.78, 5) is 21.0. The van der Waals surface area contributed by atoms with Crippen LogP contribution in [-0.2, 0) is 13.5 Å². The number of halogens is 1. The molecular formula is C19H14FN5O. The van der Waals surface area contributed by atoms with E-state index in [1.165, 1.54) is 12.1 Å². The summed E-state index contributed by atoms with van der Waals surface area (Å²) in [5, 5.41) is 8.86. The third-order valence-electron chi connectivity index (χ3n) is 4.02. The lowest BCUT2D eigenvalue weighted by Crippen LogP contribution is -2.09. The van der Waals surface area contributed by atoms with Gasteiger partial charge in [0, 0.05) is 24.2 Å². The minimum absolute atomic E-state index is 0.0458. The highest BCUT2D eigenvalue weighted by molar-refractivity contribution is 5.97. The van der Waals surface area contributed by atoms with Crippen molar-refractivity contribution < 1.29 is 9.18 Å². The number of aromatic nitrogens is 5. The van der Waals surface area contributed by atoms with Crippen molar-refractivity contribution in [3.8, 4) is 11.3 Å². The maximum absolute atomic E-state index is 13.8. The predicted octanol–water partition coefficient (Wildman–Crippen LogP) is 2.99. The van der Waals surface area contributed by atoms with Crippen molar-refractivity contribution in [2.45, 2.75) is 6.42 Å². The van der Waals surface area contributed by atoms with Gasteiger partial charge in [-0.05, 0) is 18.2 Å². The molecule has 0 aliphatic heterocycles. The van der Waals surface area contributed by atoms with Crippen LogP contribution in [0.5, 0.6) is 0 Å². The van der Waals surface area contributed by atoms with Crippen LogP contribution in [0.1, 0.15) is 16.2 Å². The lowest BCUT2D eigenvalue weighted by Gasteiger charge is -2.04. The van der Waals surface area contributed by atoms with Gasteiger partial charge in [0.2, 0.25) is 0 Å². The van der Waals surface area contributed by atoms with E-state index in [-0.39, 0.29) is 17.8 Å². The second-order valence-electron chi connectivity index (χ2n) is 5.92. The summed E-state index contributed by atoms with van der Waals surface area (Å²) in [5.41, 5.74) is 2.34. The molecule has 0 fully saturated rings. The zero-order valence-electron chi connectivity index (χ0n) is 13.9. The molecule has 2 heterocycles. The predicted molar refractivity (Wildman–Crippen MR) is 94.0 cm³/mol. The zero-order valence-corrected chi connectivity index (χ0v) is 13.9. The molecule has 0 atom stereocenters. The Hall–Kier alpha value is -3.48. The maximum atomic E-state index is 13.8. The van der Waals surface area contributed by atoms with E-state index in [1.807, 2.05) is 24.4 Å². The molecule has 4 aromatic rings. The summed E-state index contributed by atoms with van der Waals surface area (Å²) in [7, 11) is 1.80. The number of nitrogens with zero attached hydrogens (tertiary/aromatic N) is 5. The third kappa shape index (κ3) is 3.06. The molecule has 0 aliphatic carbocycles. The quantitative estimate of drug-likeness (QED) is 0.531. The summed E-state index contributed by atoms with van der Waals surface area (Å²) in [6, 6.07) is 11.6. The molecule has 0 radical (unpaired) electrons. The Kier molecular flexibility index (Phi) is 3.96. The first-order valence-electron chi connectivity index (χ1n) is 8.00. The van der Waals surface area contributed by atoms with E-state index in [4.69, 9.17) is 0 Å². The Morgan fingerprint density at radius 2 is 2.04 bits per heavy atom. The highest BCUT2D eigenvalue weighted by Gasteiger charge is 2.14. The Labute approximate surface area is 148 Å². The van der Waals surface area contributed by atoms with Crippen molar-refractivity contribution in [2.24, 2.45) is 7.05 Å². The van der Waals surface area contributed by atoms with E-state index in [0.717, 1.165) is 16.6 Å². The number of ketones is 1. The number of hydrogen-bond acceptors (Lipinski definition) is 5. The van der Waals surface area contributed by atoms with Crippen molar-refractivity contribution >= 4 is 16.7 Å². The monoisotopic (exact) mass is 347 g/mol. The van der Waals surface area contributed by atoms with Crippen LogP contribution in [0.2, 0.25) is 0 Å². The number of benzene rings is 2. The largest absolute Gasteiger partial charge is 0.294 e. The van der Waals surface area contributed by atoms with E-state index >= 15 is 0 Å². The molecule has 2 aromatic carbocycles. The highest BCUT2D eigenvalue weighted by atomic mass is 19.1. The average molecular weight is 347 g/mol. The van der Waals surface area contributed by atoms with Crippen LogP contribution in [-0.4, -0.2) is 30.7 Å². The van der Waals surface area contributed by atoms with Crippen molar-refractivity contribution in [1.29, 1.82) is 0 Å². The molecule has 0 N–H and O–H groups in total. The van der Waals surface area contributed by atoms with Crippen LogP contribution in [0.4, 0.5) is 4.39 Å². The molecule has 7 heteroatoms. The van der Waals surface area contributed by atoms with Gasteiger partial charge in [0.1, 0.15) is 17.3 Å². The van der Waals surface area contributed by atoms with E-state index < -0.39 is 5.82 Å². The lowest BCUT2D eigenvalue weighted by atomic mass is 10.1. The Morgan fingerprint density at radius 1 is 1.19 bits per heavy atom. The SMILES string of the molecule is Cn1cc(-c2ccc3cnc(CC(=O)c4ccccc4F)nc3c2)nn1. The molecule has 0 aliphatic rings. The van der Waals surface area contributed by atoms with Crippen LogP contribution < -0.4 is 0 Å². The summed E-state index contributed by atoms with van der Waals surface area (Å²) < 4.78 is 15.4. The first kappa shape index (κ1) is 16.0. The number of Topliss-reactive ketones (excluding diaryl/α,β-unsaturated/α-hetero) is 1. The fraction of sp³-hybridized carbons (Fsp3) is 0.105. The van der Waals surface area contributed by atoms with Gasteiger partial charge < -0.3 is 0 Å². The van der Waals surface area contributed by atoms with Crippen LogP contribution in [0.15, 0.2) is 54.9 Å². The van der Waals surface area contributed by atoms with Gasteiger partial charge in [-0.15, -0.1) is 5.10 Å². The summed E-state index contributed by atoms with van der Waals surface area (Å²) >= 11 is 0. The van der Waals surface area contributed by atoms with Crippen molar-refractivity contribution in [2.75, 3.05) is 0 Å². The third-order valence-corrected chi connectivity index (χ3v) is 4.02. The maximum Gasteiger partial charge on any atom is 0.173 e. The molecule has 0 saturated carbocycles. The Morgan fingerprint density at radius 3 is 2.81 bits per heavy atom. The molecule has 0 unspecified atom stereocenters. The fourth-order valence-corrected chi connectivity index (χ4v) is 2.71. The smallest absolute Gasteiger partial charge is 0.173 e. The first-order chi connectivity index (χ1) is 12.6. The van der Waals surface area contributed by atoms with Gasteiger partial charge in [-0.25, -0.2) is 14.4 Å². The van der Waals surface area contributed by atoms with E-state index in [9.17, 15) is 9.18 Å². The minimum atomic E-state index is -0.539. The number of rotatable bonds is 4. The van der Waals surface area contributed by atoms with E-state index in [0.29, 0.717) is 11.3 Å². The van der Waals surface area contributed by atoms with Crippen molar-refractivity contribution in [3.05, 3.63) is 72.1 Å². The van der Waals surface area contributed by atoms with Gasteiger partial charge in [-0.2, -0.15) is 0 Å². The molecule has 128 valence electrons. The first-order valence-corrected chi connectivity index (χ1v) is 8.00. The second kappa shape index (κ2) is 6.44. The van der Waals surface area contributed by atoms with Crippen LogP contribution >= 0.6 is 0 Å². The molecule has 2 aromatic heterocycles. The summed E-state index contributed by atoms with van der Waals surface area (Å²) in [6.07, 6.45) is 3.41. The van der Waals surface area contributed by atoms with E-state index in [1.54, 1.807) is 30.1 Å². The van der Waals surface area contributed by atoms with E-state index in [2.05, 4.69) is 20.3 Å². The number of hydrogen-bond donors (Lipinski definition) is 0. The number of carbonyl (C=O) groups is 1. The normalized spacial score (nSPS) is 11.0. The van der Waals surface area contributed by atoms with Gasteiger partial charge in [0.05, 0.1) is 23.7 Å². The van der Waals surface area contributed by atoms with Crippen LogP contribution in [0, 0.1) is 5.82 Å². The molecule has 0 amide bonds.